The highest BCUT2D eigenvalue weighted by atomic mass is 79.9. The summed E-state index contributed by atoms with van der Waals surface area (Å²) in [5, 5.41) is -0.649. The summed E-state index contributed by atoms with van der Waals surface area (Å²) in [6.45, 7) is 3.91. The first kappa shape index (κ1) is 12.5. The van der Waals surface area contributed by atoms with Crippen LogP contribution in [0.4, 0.5) is 0 Å². The van der Waals surface area contributed by atoms with E-state index in [1.807, 2.05) is 19.1 Å². The molecule has 0 fully saturated rings. The molecule has 0 amide bonds. The van der Waals surface area contributed by atoms with Gasteiger partial charge in [-0.05, 0) is 32.0 Å². The molecule has 2 nitrogen and oxygen atoms in total. The average Bonchev–Trinajstić information content (AvgIpc) is 2.20. The van der Waals surface area contributed by atoms with Gasteiger partial charge in [0.05, 0.1) is 6.61 Å². The molecule has 0 aliphatic rings. The topological polar surface area (TPSA) is 26.3 Å². The molecule has 82 valence electrons. The first-order valence-corrected chi connectivity index (χ1v) is 5.86. The van der Waals surface area contributed by atoms with Crippen molar-refractivity contribution < 1.29 is 9.53 Å². The Labute approximate surface area is 103 Å². The molecular weight excluding hydrogens is 279 g/mol. The first-order valence-electron chi connectivity index (χ1n) is 4.63. The zero-order chi connectivity index (χ0) is 11.4. The Morgan fingerprint density at radius 1 is 1.60 bits per heavy atom. The van der Waals surface area contributed by atoms with Crippen molar-refractivity contribution in [1.82, 2.24) is 0 Å². The van der Waals surface area contributed by atoms with Gasteiger partial charge in [0.1, 0.15) is 11.1 Å². The van der Waals surface area contributed by atoms with E-state index >= 15 is 0 Å². The number of Topliss-reactive ketones (excluding diaryl/α,β-unsaturated/α-hetero) is 1. The van der Waals surface area contributed by atoms with Gasteiger partial charge in [-0.2, -0.15) is 0 Å². The molecule has 15 heavy (non-hydrogen) atoms. The van der Waals surface area contributed by atoms with Crippen LogP contribution in [0.3, 0.4) is 0 Å². The van der Waals surface area contributed by atoms with E-state index in [1.54, 1.807) is 6.07 Å². The number of rotatable bonds is 4. The average molecular weight is 292 g/mol. The molecule has 0 saturated carbocycles. The Morgan fingerprint density at radius 3 is 2.80 bits per heavy atom. The molecule has 1 atom stereocenters. The molecule has 0 aromatic heterocycles. The number of carbonyl (C=O) groups is 1. The minimum atomic E-state index is -0.649. The summed E-state index contributed by atoms with van der Waals surface area (Å²) in [4.78, 5) is 11.2. The minimum absolute atomic E-state index is 0.0873. The van der Waals surface area contributed by atoms with Crippen LogP contribution in [0.1, 0.15) is 24.8 Å². The lowest BCUT2D eigenvalue weighted by Crippen LogP contribution is -2.05. The normalized spacial score (nSPS) is 12.3. The van der Waals surface area contributed by atoms with Crippen LogP contribution in [0.2, 0.25) is 0 Å². The van der Waals surface area contributed by atoms with Crippen molar-refractivity contribution in [2.75, 3.05) is 6.61 Å². The second kappa shape index (κ2) is 5.52. The number of alkyl halides is 1. The van der Waals surface area contributed by atoms with Gasteiger partial charge in [0.25, 0.3) is 0 Å². The Bertz CT molecular complexity index is 366. The lowest BCUT2D eigenvalue weighted by atomic mass is 10.1. The predicted molar refractivity (Wildman–Crippen MR) is 64.6 cm³/mol. The molecule has 1 unspecified atom stereocenters. The number of benzene rings is 1. The maximum atomic E-state index is 11.2. The molecule has 0 saturated heterocycles. The molecular formula is C11H12BrClO2. The molecule has 1 aromatic carbocycles. The fourth-order valence-corrected chi connectivity index (χ4v) is 1.77. The van der Waals surface area contributed by atoms with Crippen LogP contribution < -0.4 is 4.74 Å². The van der Waals surface area contributed by atoms with Gasteiger partial charge in [-0.15, -0.1) is 11.6 Å². The lowest BCUT2D eigenvalue weighted by molar-refractivity contribution is -0.116. The van der Waals surface area contributed by atoms with Crippen molar-refractivity contribution in [3.05, 3.63) is 28.2 Å². The number of hydrogen-bond donors (Lipinski definition) is 0. The molecule has 0 spiro atoms. The largest absolute Gasteiger partial charge is 0.494 e. The van der Waals surface area contributed by atoms with Gasteiger partial charge in [-0.1, -0.05) is 15.9 Å². The minimum Gasteiger partial charge on any atom is -0.494 e. The molecule has 0 aliphatic carbocycles. The SMILES string of the molecule is CCOc1ccc(Br)cc1C(Cl)C(C)=O. The monoisotopic (exact) mass is 290 g/mol. The highest BCUT2D eigenvalue weighted by Gasteiger charge is 2.18. The third kappa shape index (κ3) is 3.21. The van der Waals surface area contributed by atoms with Crippen LogP contribution in [0.15, 0.2) is 22.7 Å². The van der Waals surface area contributed by atoms with Crippen molar-refractivity contribution >= 4 is 33.3 Å². The van der Waals surface area contributed by atoms with Gasteiger partial charge in [0, 0.05) is 10.0 Å². The molecule has 0 aliphatic heterocycles. The zero-order valence-electron chi connectivity index (χ0n) is 8.59. The van der Waals surface area contributed by atoms with E-state index in [-0.39, 0.29) is 5.78 Å². The summed E-state index contributed by atoms with van der Waals surface area (Å²) < 4.78 is 6.29. The molecule has 0 heterocycles. The second-order valence-electron chi connectivity index (χ2n) is 3.09. The van der Waals surface area contributed by atoms with Gasteiger partial charge in [0.15, 0.2) is 5.78 Å². The first-order chi connectivity index (χ1) is 7.06. The van der Waals surface area contributed by atoms with Crippen LogP contribution in [0, 0.1) is 0 Å². The Hall–Kier alpha value is -0.540. The fourth-order valence-electron chi connectivity index (χ4n) is 1.22. The molecule has 0 radical (unpaired) electrons. The number of halogens is 2. The standard InChI is InChI=1S/C11H12BrClO2/c1-3-15-10-5-4-8(12)6-9(10)11(13)7(2)14/h4-6,11H,3H2,1-2H3. The summed E-state index contributed by atoms with van der Waals surface area (Å²) >= 11 is 9.34. The van der Waals surface area contributed by atoms with E-state index in [9.17, 15) is 4.79 Å². The quantitative estimate of drug-likeness (QED) is 0.790. The van der Waals surface area contributed by atoms with Crippen molar-refractivity contribution in [3.63, 3.8) is 0 Å². The van der Waals surface area contributed by atoms with Gasteiger partial charge in [0.2, 0.25) is 0 Å². The number of carbonyl (C=O) groups excluding carboxylic acids is 1. The van der Waals surface area contributed by atoms with E-state index in [4.69, 9.17) is 16.3 Å². The summed E-state index contributed by atoms with van der Waals surface area (Å²) in [5.74, 6) is 0.576. The van der Waals surface area contributed by atoms with Crippen molar-refractivity contribution in [2.45, 2.75) is 19.2 Å². The van der Waals surface area contributed by atoms with Gasteiger partial charge in [-0.25, -0.2) is 0 Å². The van der Waals surface area contributed by atoms with Crippen LogP contribution in [-0.4, -0.2) is 12.4 Å². The lowest BCUT2D eigenvalue weighted by Gasteiger charge is -2.13. The number of ether oxygens (including phenoxy) is 1. The maximum Gasteiger partial charge on any atom is 0.152 e. The van der Waals surface area contributed by atoms with Crippen molar-refractivity contribution in [2.24, 2.45) is 0 Å². The fraction of sp³-hybridized carbons (Fsp3) is 0.364. The Kier molecular flexibility index (Phi) is 4.61. The highest BCUT2D eigenvalue weighted by Crippen LogP contribution is 2.32. The van der Waals surface area contributed by atoms with Crippen molar-refractivity contribution in [1.29, 1.82) is 0 Å². The third-order valence-electron chi connectivity index (χ3n) is 1.90. The van der Waals surface area contributed by atoms with E-state index in [0.29, 0.717) is 17.9 Å². The maximum absolute atomic E-state index is 11.2. The molecule has 0 bridgehead atoms. The van der Waals surface area contributed by atoms with Crippen molar-refractivity contribution in [3.8, 4) is 5.75 Å². The predicted octanol–water partition coefficient (Wildman–Crippen LogP) is 3.72. The third-order valence-corrected chi connectivity index (χ3v) is 2.94. The summed E-state index contributed by atoms with van der Waals surface area (Å²) in [7, 11) is 0. The highest BCUT2D eigenvalue weighted by molar-refractivity contribution is 9.10. The van der Waals surface area contributed by atoms with E-state index in [1.165, 1.54) is 6.92 Å². The summed E-state index contributed by atoms with van der Waals surface area (Å²) in [5.41, 5.74) is 0.709. The zero-order valence-corrected chi connectivity index (χ0v) is 10.9. The van der Waals surface area contributed by atoms with Crippen LogP contribution in [-0.2, 0) is 4.79 Å². The smallest absolute Gasteiger partial charge is 0.152 e. The number of ketones is 1. The Balaban J connectivity index is 3.11. The molecule has 4 heteroatoms. The summed E-state index contributed by atoms with van der Waals surface area (Å²) in [6.07, 6.45) is 0. The van der Waals surface area contributed by atoms with E-state index in [2.05, 4.69) is 15.9 Å². The molecule has 1 aromatic rings. The Morgan fingerprint density at radius 2 is 2.27 bits per heavy atom. The summed E-state index contributed by atoms with van der Waals surface area (Å²) in [6, 6.07) is 5.48. The van der Waals surface area contributed by atoms with E-state index in [0.717, 1.165) is 4.47 Å². The van der Waals surface area contributed by atoms with Gasteiger partial charge >= 0.3 is 0 Å². The van der Waals surface area contributed by atoms with Gasteiger partial charge in [-0.3, -0.25) is 4.79 Å². The van der Waals surface area contributed by atoms with Crippen LogP contribution >= 0.6 is 27.5 Å². The van der Waals surface area contributed by atoms with E-state index < -0.39 is 5.38 Å². The molecule has 0 N–H and O–H groups in total. The number of hydrogen-bond acceptors (Lipinski definition) is 2. The van der Waals surface area contributed by atoms with Crippen LogP contribution in [0.5, 0.6) is 5.75 Å². The second-order valence-corrected chi connectivity index (χ2v) is 4.44. The van der Waals surface area contributed by atoms with Gasteiger partial charge < -0.3 is 4.74 Å². The molecule has 1 rings (SSSR count). The van der Waals surface area contributed by atoms with Crippen LogP contribution in [0.25, 0.3) is 0 Å².